The molecule has 0 fully saturated rings. The van der Waals surface area contributed by atoms with Crippen molar-refractivity contribution in [2.75, 3.05) is 11.9 Å². The molecule has 7 heteroatoms. The molecule has 0 bridgehead atoms. The number of hydrogen-bond donors (Lipinski definition) is 2. The molecule has 0 aliphatic carbocycles. The SMILES string of the molecule is C#CCNC(=O)c1ccccc1NC(=O)CCc1nc(C(C)C)no1. The van der Waals surface area contributed by atoms with Crippen LogP contribution in [0.25, 0.3) is 0 Å². The quantitative estimate of drug-likeness (QED) is 0.753. The first-order chi connectivity index (χ1) is 12.0. The lowest BCUT2D eigenvalue weighted by Gasteiger charge is -2.10. The van der Waals surface area contributed by atoms with Gasteiger partial charge in [-0.1, -0.05) is 37.1 Å². The molecule has 0 saturated carbocycles. The summed E-state index contributed by atoms with van der Waals surface area (Å²) in [6.45, 7) is 4.05. The highest BCUT2D eigenvalue weighted by Gasteiger charge is 2.14. The van der Waals surface area contributed by atoms with Crippen LogP contribution < -0.4 is 10.6 Å². The molecule has 25 heavy (non-hydrogen) atoms. The second kappa shape index (κ2) is 8.64. The van der Waals surface area contributed by atoms with Crippen molar-refractivity contribution in [1.82, 2.24) is 15.5 Å². The van der Waals surface area contributed by atoms with Crippen molar-refractivity contribution < 1.29 is 14.1 Å². The Hall–Kier alpha value is -3.14. The predicted molar refractivity (Wildman–Crippen MR) is 92.9 cm³/mol. The number of aromatic nitrogens is 2. The molecule has 0 atom stereocenters. The zero-order chi connectivity index (χ0) is 18.2. The van der Waals surface area contributed by atoms with Gasteiger partial charge in [0, 0.05) is 18.8 Å². The molecule has 0 aliphatic heterocycles. The molecule has 1 aromatic heterocycles. The maximum absolute atomic E-state index is 12.2. The fourth-order valence-corrected chi connectivity index (χ4v) is 2.05. The number of carbonyl (C=O) groups is 2. The number of carbonyl (C=O) groups excluding carboxylic acids is 2. The molecule has 1 heterocycles. The molecule has 2 rings (SSSR count). The van der Waals surface area contributed by atoms with Gasteiger partial charge in [0.2, 0.25) is 11.8 Å². The zero-order valence-corrected chi connectivity index (χ0v) is 14.2. The van der Waals surface area contributed by atoms with Crippen LogP contribution >= 0.6 is 0 Å². The number of nitrogens with one attached hydrogen (secondary N) is 2. The maximum atomic E-state index is 12.2. The summed E-state index contributed by atoms with van der Waals surface area (Å²) in [7, 11) is 0. The third-order valence-corrected chi connectivity index (χ3v) is 3.36. The van der Waals surface area contributed by atoms with Gasteiger partial charge in [0.15, 0.2) is 5.82 Å². The standard InChI is InChI=1S/C18H20N4O3/c1-4-11-19-18(24)13-7-5-6-8-14(13)20-15(23)9-10-16-21-17(12(2)3)22-25-16/h1,5-8,12H,9-11H2,2-3H3,(H,19,24)(H,20,23). The molecule has 130 valence electrons. The summed E-state index contributed by atoms with van der Waals surface area (Å²) in [4.78, 5) is 28.4. The maximum Gasteiger partial charge on any atom is 0.254 e. The monoisotopic (exact) mass is 340 g/mol. The van der Waals surface area contributed by atoms with E-state index in [1.54, 1.807) is 24.3 Å². The smallest absolute Gasteiger partial charge is 0.254 e. The molecule has 1 aromatic carbocycles. The second-order valence-corrected chi connectivity index (χ2v) is 5.68. The summed E-state index contributed by atoms with van der Waals surface area (Å²) in [5.74, 6) is 2.94. The van der Waals surface area contributed by atoms with Gasteiger partial charge >= 0.3 is 0 Å². The summed E-state index contributed by atoms with van der Waals surface area (Å²) in [6, 6.07) is 6.73. The highest BCUT2D eigenvalue weighted by Crippen LogP contribution is 2.16. The molecular formula is C18H20N4O3. The highest BCUT2D eigenvalue weighted by molar-refractivity contribution is 6.03. The molecule has 0 aliphatic rings. The number of benzene rings is 1. The first-order valence-electron chi connectivity index (χ1n) is 7.94. The Bertz CT molecular complexity index is 790. The summed E-state index contributed by atoms with van der Waals surface area (Å²) in [6.07, 6.45) is 5.63. The first kappa shape index (κ1) is 18.2. The minimum atomic E-state index is -0.340. The van der Waals surface area contributed by atoms with Crippen LogP contribution in [0.15, 0.2) is 28.8 Å². The number of nitrogens with zero attached hydrogens (tertiary/aromatic N) is 2. The van der Waals surface area contributed by atoms with Gasteiger partial charge in [-0.15, -0.1) is 6.42 Å². The number of rotatable bonds is 7. The number of aryl methyl sites for hydroxylation is 1. The molecule has 2 N–H and O–H groups in total. The topological polar surface area (TPSA) is 97.1 Å². The van der Waals surface area contributed by atoms with E-state index < -0.39 is 0 Å². The van der Waals surface area contributed by atoms with E-state index in [1.165, 1.54) is 0 Å². The van der Waals surface area contributed by atoms with Crippen LogP contribution in [0, 0.1) is 12.3 Å². The molecule has 7 nitrogen and oxygen atoms in total. The predicted octanol–water partition coefficient (Wildman–Crippen LogP) is 2.13. The number of terminal acetylenes is 1. The number of para-hydroxylation sites is 1. The van der Waals surface area contributed by atoms with E-state index in [1.807, 2.05) is 13.8 Å². The normalized spacial score (nSPS) is 10.3. The molecule has 2 aromatic rings. The van der Waals surface area contributed by atoms with Gasteiger partial charge in [-0.05, 0) is 12.1 Å². The Balaban J connectivity index is 1.96. The van der Waals surface area contributed by atoms with Gasteiger partial charge in [-0.25, -0.2) is 0 Å². The van der Waals surface area contributed by atoms with Crippen molar-refractivity contribution >= 4 is 17.5 Å². The fourth-order valence-electron chi connectivity index (χ4n) is 2.05. The van der Waals surface area contributed by atoms with E-state index in [-0.39, 0.29) is 30.7 Å². The van der Waals surface area contributed by atoms with Crippen molar-refractivity contribution in [1.29, 1.82) is 0 Å². The van der Waals surface area contributed by atoms with E-state index in [4.69, 9.17) is 10.9 Å². The van der Waals surface area contributed by atoms with Gasteiger partial charge < -0.3 is 15.2 Å². The molecule has 0 unspecified atom stereocenters. The highest BCUT2D eigenvalue weighted by atomic mass is 16.5. The van der Waals surface area contributed by atoms with Gasteiger partial charge in [0.05, 0.1) is 17.8 Å². The average Bonchev–Trinajstić information content (AvgIpc) is 3.08. The molecule has 0 saturated heterocycles. The second-order valence-electron chi connectivity index (χ2n) is 5.68. The summed E-state index contributed by atoms with van der Waals surface area (Å²) >= 11 is 0. The summed E-state index contributed by atoms with van der Waals surface area (Å²) in [5, 5.41) is 9.16. The lowest BCUT2D eigenvalue weighted by Crippen LogP contribution is -2.25. The van der Waals surface area contributed by atoms with Crippen molar-refractivity contribution in [3.63, 3.8) is 0 Å². The Morgan fingerprint density at radius 2 is 2.08 bits per heavy atom. The Morgan fingerprint density at radius 1 is 1.32 bits per heavy atom. The lowest BCUT2D eigenvalue weighted by atomic mass is 10.1. The van der Waals surface area contributed by atoms with E-state index in [9.17, 15) is 9.59 Å². The lowest BCUT2D eigenvalue weighted by molar-refractivity contribution is -0.116. The summed E-state index contributed by atoms with van der Waals surface area (Å²) < 4.78 is 5.11. The van der Waals surface area contributed by atoms with Gasteiger partial charge in [0.25, 0.3) is 5.91 Å². The molecule has 2 amide bonds. The van der Waals surface area contributed by atoms with Crippen LogP contribution in [-0.4, -0.2) is 28.5 Å². The number of hydrogen-bond acceptors (Lipinski definition) is 5. The van der Waals surface area contributed by atoms with Crippen molar-refractivity contribution in [2.45, 2.75) is 32.6 Å². The van der Waals surface area contributed by atoms with Gasteiger partial charge in [-0.3, -0.25) is 9.59 Å². The minimum absolute atomic E-state index is 0.121. The third-order valence-electron chi connectivity index (χ3n) is 3.36. The first-order valence-corrected chi connectivity index (χ1v) is 7.94. The van der Waals surface area contributed by atoms with Gasteiger partial charge in [-0.2, -0.15) is 4.98 Å². The minimum Gasteiger partial charge on any atom is -0.341 e. The van der Waals surface area contributed by atoms with Crippen molar-refractivity contribution in [3.05, 3.63) is 41.5 Å². The van der Waals surface area contributed by atoms with Crippen LogP contribution in [0.4, 0.5) is 5.69 Å². The van der Waals surface area contributed by atoms with E-state index in [0.29, 0.717) is 29.4 Å². The third kappa shape index (κ3) is 5.18. The van der Waals surface area contributed by atoms with Crippen molar-refractivity contribution in [2.24, 2.45) is 0 Å². The van der Waals surface area contributed by atoms with Crippen LogP contribution in [0.1, 0.15) is 48.3 Å². The van der Waals surface area contributed by atoms with E-state index in [0.717, 1.165) is 0 Å². The number of amides is 2. The fraction of sp³-hybridized carbons (Fsp3) is 0.333. The Morgan fingerprint density at radius 3 is 2.76 bits per heavy atom. The van der Waals surface area contributed by atoms with Crippen LogP contribution in [0.2, 0.25) is 0 Å². The summed E-state index contributed by atoms with van der Waals surface area (Å²) in [5.41, 5.74) is 0.779. The van der Waals surface area contributed by atoms with Crippen LogP contribution in [0.3, 0.4) is 0 Å². The zero-order valence-electron chi connectivity index (χ0n) is 14.2. The van der Waals surface area contributed by atoms with Gasteiger partial charge in [0.1, 0.15) is 0 Å². The molecular weight excluding hydrogens is 320 g/mol. The number of anilines is 1. The van der Waals surface area contributed by atoms with Crippen molar-refractivity contribution in [3.8, 4) is 12.3 Å². The Labute approximate surface area is 146 Å². The van der Waals surface area contributed by atoms with E-state index in [2.05, 4.69) is 26.7 Å². The Kier molecular flexibility index (Phi) is 6.29. The molecule has 0 radical (unpaired) electrons. The van der Waals surface area contributed by atoms with Crippen LogP contribution in [0.5, 0.6) is 0 Å². The molecule has 0 spiro atoms. The average molecular weight is 340 g/mol. The largest absolute Gasteiger partial charge is 0.341 e. The van der Waals surface area contributed by atoms with E-state index >= 15 is 0 Å². The van der Waals surface area contributed by atoms with Crippen LogP contribution in [-0.2, 0) is 11.2 Å².